The lowest BCUT2D eigenvalue weighted by Gasteiger charge is -2.10. The van der Waals surface area contributed by atoms with Crippen molar-refractivity contribution in [1.29, 1.82) is 0 Å². The highest BCUT2D eigenvalue weighted by Gasteiger charge is 2.18. The number of hydrogen-bond donors (Lipinski definition) is 0. The lowest BCUT2D eigenvalue weighted by atomic mass is 10.1. The number of nitro groups is 1. The zero-order valence-corrected chi connectivity index (χ0v) is 12.3. The molecule has 100 valence electrons. The van der Waals surface area contributed by atoms with E-state index in [1.807, 2.05) is 19.9 Å². The summed E-state index contributed by atoms with van der Waals surface area (Å²) in [5.74, 6) is 0.407. The van der Waals surface area contributed by atoms with Gasteiger partial charge in [-0.2, -0.15) is 0 Å². The van der Waals surface area contributed by atoms with E-state index in [-0.39, 0.29) is 10.6 Å². The van der Waals surface area contributed by atoms with Gasteiger partial charge in [0.15, 0.2) is 5.75 Å². The molecule has 18 heavy (non-hydrogen) atoms. The Morgan fingerprint density at radius 1 is 1.28 bits per heavy atom. The first-order valence-corrected chi connectivity index (χ1v) is 7.12. The summed E-state index contributed by atoms with van der Waals surface area (Å²) < 4.78 is 5.57. The van der Waals surface area contributed by atoms with E-state index in [1.165, 1.54) is 0 Å². The SMILES string of the molecule is Cc1cc(C)c(OCCCCCBr)c([N+](=O)[O-])c1. The number of aryl methyl sites for hydroxylation is 2. The van der Waals surface area contributed by atoms with Crippen LogP contribution in [0.2, 0.25) is 0 Å². The highest BCUT2D eigenvalue weighted by atomic mass is 79.9. The van der Waals surface area contributed by atoms with Crippen LogP contribution in [0.4, 0.5) is 5.69 Å². The molecule has 0 bridgehead atoms. The second-order valence-electron chi connectivity index (χ2n) is 4.29. The normalized spacial score (nSPS) is 10.4. The third kappa shape index (κ3) is 4.29. The predicted molar refractivity (Wildman–Crippen MR) is 75.7 cm³/mol. The number of halogens is 1. The molecule has 1 aromatic rings. The molecule has 0 amide bonds. The summed E-state index contributed by atoms with van der Waals surface area (Å²) >= 11 is 3.37. The third-order valence-corrected chi connectivity index (χ3v) is 3.18. The number of nitrogens with zero attached hydrogens (tertiary/aromatic N) is 1. The fourth-order valence-electron chi connectivity index (χ4n) is 1.80. The van der Waals surface area contributed by atoms with Crippen LogP contribution >= 0.6 is 15.9 Å². The largest absolute Gasteiger partial charge is 0.487 e. The van der Waals surface area contributed by atoms with Gasteiger partial charge in [-0.05, 0) is 44.2 Å². The maximum atomic E-state index is 11.0. The molecule has 0 spiro atoms. The van der Waals surface area contributed by atoms with Crippen LogP contribution in [0.5, 0.6) is 5.75 Å². The first-order chi connectivity index (χ1) is 8.56. The fraction of sp³-hybridized carbons (Fsp3) is 0.538. The molecular formula is C13H18BrNO3. The molecule has 0 aliphatic carbocycles. The molecule has 0 saturated heterocycles. The van der Waals surface area contributed by atoms with Gasteiger partial charge in [-0.1, -0.05) is 22.0 Å². The molecule has 0 fully saturated rings. The Hall–Kier alpha value is -1.10. The van der Waals surface area contributed by atoms with Gasteiger partial charge in [0.25, 0.3) is 0 Å². The second kappa shape index (κ2) is 7.36. The summed E-state index contributed by atoms with van der Waals surface area (Å²) in [6, 6.07) is 3.46. The Morgan fingerprint density at radius 3 is 2.61 bits per heavy atom. The van der Waals surface area contributed by atoms with Crippen molar-refractivity contribution < 1.29 is 9.66 Å². The molecule has 0 atom stereocenters. The summed E-state index contributed by atoms with van der Waals surface area (Å²) in [5.41, 5.74) is 1.76. The molecule has 0 aliphatic heterocycles. The van der Waals surface area contributed by atoms with Crippen LogP contribution in [0.15, 0.2) is 12.1 Å². The number of unbranched alkanes of at least 4 members (excludes halogenated alkanes) is 2. The Morgan fingerprint density at radius 2 is 2.00 bits per heavy atom. The van der Waals surface area contributed by atoms with Crippen molar-refractivity contribution in [2.24, 2.45) is 0 Å². The van der Waals surface area contributed by atoms with E-state index >= 15 is 0 Å². The zero-order valence-electron chi connectivity index (χ0n) is 10.7. The second-order valence-corrected chi connectivity index (χ2v) is 5.08. The summed E-state index contributed by atoms with van der Waals surface area (Å²) in [6.45, 7) is 4.21. The van der Waals surface area contributed by atoms with E-state index in [0.29, 0.717) is 12.4 Å². The number of ether oxygens (including phenoxy) is 1. The molecular weight excluding hydrogens is 298 g/mol. The van der Waals surface area contributed by atoms with Crippen LogP contribution in [0.25, 0.3) is 0 Å². The average Bonchev–Trinajstić information content (AvgIpc) is 2.30. The van der Waals surface area contributed by atoms with Gasteiger partial charge in [-0.3, -0.25) is 10.1 Å². The lowest BCUT2D eigenvalue weighted by Crippen LogP contribution is -2.03. The van der Waals surface area contributed by atoms with Gasteiger partial charge in [0.2, 0.25) is 0 Å². The highest BCUT2D eigenvalue weighted by molar-refractivity contribution is 9.09. The maximum absolute atomic E-state index is 11.0. The van der Waals surface area contributed by atoms with Gasteiger partial charge in [0, 0.05) is 11.4 Å². The van der Waals surface area contributed by atoms with Gasteiger partial charge in [0.1, 0.15) is 0 Å². The average molecular weight is 316 g/mol. The van der Waals surface area contributed by atoms with Crippen molar-refractivity contribution in [3.63, 3.8) is 0 Å². The summed E-state index contributed by atoms with van der Waals surface area (Å²) in [4.78, 5) is 10.6. The van der Waals surface area contributed by atoms with E-state index in [0.717, 1.165) is 35.7 Å². The van der Waals surface area contributed by atoms with E-state index in [4.69, 9.17) is 4.74 Å². The molecule has 0 aliphatic rings. The Bertz CT molecular complexity index is 421. The monoisotopic (exact) mass is 315 g/mol. The van der Waals surface area contributed by atoms with Crippen molar-refractivity contribution in [3.8, 4) is 5.75 Å². The number of hydrogen-bond acceptors (Lipinski definition) is 3. The van der Waals surface area contributed by atoms with Crippen LogP contribution in [0.3, 0.4) is 0 Å². The maximum Gasteiger partial charge on any atom is 0.311 e. The predicted octanol–water partition coefficient (Wildman–Crippen LogP) is 4.16. The van der Waals surface area contributed by atoms with Gasteiger partial charge in [-0.15, -0.1) is 0 Å². The number of nitro benzene ring substituents is 1. The number of benzene rings is 1. The van der Waals surface area contributed by atoms with Gasteiger partial charge in [0.05, 0.1) is 11.5 Å². The van der Waals surface area contributed by atoms with Crippen LogP contribution in [0, 0.1) is 24.0 Å². The van der Waals surface area contributed by atoms with Crippen molar-refractivity contribution in [2.45, 2.75) is 33.1 Å². The molecule has 0 heterocycles. The van der Waals surface area contributed by atoms with E-state index < -0.39 is 0 Å². The molecule has 5 heteroatoms. The summed E-state index contributed by atoms with van der Waals surface area (Å²) in [5, 5.41) is 12.0. The first kappa shape index (κ1) is 15.0. The minimum atomic E-state index is -0.381. The highest BCUT2D eigenvalue weighted by Crippen LogP contribution is 2.32. The zero-order chi connectivity index (χ0) is 13.5. The minimum absolute atomic E-state index is 0.0630. The lowest BCUT2D eigenvalue weighted by molar-refractivity contribution is -0.386. The number of alkyl halides is 1. The van der Waals surface area contributed by atoms with Crippen molar-refractivity contribution in [2.75, 3.05) is 11.9 Å². The standard InChI is InChI=1S/C13H18BrNO3/c1-10-8-11(2)13(12(9-10)15(16)17)18-7-5-3-4-6-14/h8-9H,3-7H2,1-2H3. The van der Waals surface area contributed by atoms with Gasteiger partial charge >= 0.3 is 5.69 Å². The Labute approximate surface area is 116 Å². The van der Waals surface area contributed by atoms with E-state index in [9.17, 15) is 10.1 Å². The minimum Gasteiger partial charge on any atom is -0.487 e. The Kier molecular flexibility index (Phi) is 6.12. The molecule has 0 unspecified atom stereocenters. The quantitative estimate of drug-likeness (QED) is 0.328. The van der Waals surface area contributed by atoms with Crippen molar-refractivity contribution in [1.82, 2.24) is 0 Å². The van der Waals surface area contributed by atoms with Crippen LogP contribution < -0.4 is 4.74 Å². The molecule has 0 radical (unpaired) electrons. The first-order valence-electron chi connectivity index (χ1n) is 6.00. The molecule has 4 nitrogen and oxygen atoms in total. The molecule has 0 aromatic heterocycles. The summed E-state index contributed by atoms with van der Waals surface area (Å²) in [6.07, 6.45) is 3.07. The van der Waals surface area contributed by atoms with Crippen LogP contribution in [0.1, 0.15) is 30.4 Å². The van der Waals surface area contributed by atoms with Gasteiger partial charge < -0.3 is 4.74 Å². The summed E-state index contributed by atoms with van der Waals surface area (Å²) in [7, 11) is 0. The van der Waals surface area contributed by atoms with Crippen LogP contribution in [-0.4, -0.2) is 16.9 Å². The van der Waals surface area contributed by atoms with Crippen molar-refractivity contribution >= 4 is 21.6 Å². The van der Waals surface area contributed by atoms with Crippen LogP contribution in [-0.2, 0) is 0 Å². The molecule has 1 rings (SSSR count). The molecule has 1 aromatic carbocycles. The van der Waals surface area contributed by atoms with E-state index in [1.54, 1.807) is 6.07 Å². The molecule has 0 saturated carbocycles. The Balaban J connectivity index is 2.71. The fourth-order valence-corrected chi connectivity index (χ4v) is 2.20. The van der Waals surface area contributed by atoms with E-state index in [2.05, 4.69) is 15.9 Å². The molecule has 0 N–H and O–H groups in total. The topological polar surface area (TPSA) is 52.4 Å². The van der Waals surface area contributed by atoms with Gasteiger partial charge in [-0.25, -0.2) is 0 Å². The number of rotatable bonds is 7. The smallest absolute Gasteiger partial charge is 0.311 e. The third-order valence-electron chi connectivity index (χ3n) is 2.62. The van der Waals surface area contributed by atoms with Crippen molar-refractivity contribution in [3.05, 3.63) is 33.4 Å².